The van der Waals surface area contributed by atoms with Gasteiger partial charge in [-0.05, 0) is 54.5 Å². The number of hydrogen-bond donors (Lipinski definition) is 1. The van der Waals surface area contributed by atoms with E-state index in [1.165, 1.54) is 38.6 Å². The lowest BCUT2D eigenvalue weighted by Crippen LogP contribution is -2.18. The molecule has 3 aromatic carbocycles. The number of furan rings is 1. The van der Waals surface area contributed by atoms with E-state index in [4.69, 9.17) is 4.42 Å². The SMILES string of the molecule is CCCc1ccc2c(oc3ccccc32)c1C1C=C(c2ccc(C)cc2)C=CN1. The average Bonchev–Trinajstić information content (AvgIpc) is 3.13. The summed E-state index contributed by atoms with van der Waals surface area (Å²) in [6.45, 7) is 4.35. The van der Waals surface area contributed by atoms with E-state index in [9.17, 15) is 0 Å². The summed E-state index contributed by atoms with van der Waals surface area (Å²) in [4.78, 5) is 0. The van der Waals surface area contributed by atoms with E-state index in [1.807, 2.05) is 6.07 Å². The number of para-hydroxylation sites is 1. The van der Waals surface area contributed by atoms with E-state index in [0.29, 0.717) is 0 Å². The molecule has 1 N–H and O–H groups in total. The Kier molecular flexibility index (Phi) is 4.48. The second-order valence-corrected chi connectivity index (χ2v) is 7.83. The number of allylic oxidation sites excluding steroid dienone is 2. The van der Waals surface area contributed by atoms with E-state index in [-0.39, 0.29) is 6.04 Å². The maximum absolute atomic E-state index is 6.39. The van der Waals surface area contributed by atoms with Crippen LogP contribution < -0.4 is 5.32 Å². The Bertz CT molecular complexity index is 1240. The normalized spacial score (nSPS) is 16.2. The number of nitrogens with one attached hydrogen (secondary N) is 1. The Morgan fingerprint density at radius 1 is 0.931 bits per heavy atom. The molecule has 0 fully saturated rings. The third kappa shape index (κ3) is 3.15. The van der Waals surface area contributed by atoms with Crippen LogP contribution in [0.4, 0.5) is 0 Å². The van der Waals surface area contributed by atoms with Gasteiger partial charge in [-0.25, -0.2) is 0 Å². The lowest BCUT2D eigenvalue weighted by atomic mass is 9.91. The van der Waals surface area contributed by atoms with Crippen molar-refractivity contribution in [1.29, 1.82) is 0 Å². The fraction of sp³-hybridized carbons (Fsp3) is 0.185. The highest BCUT2D eigenvalue weighted by Gasteiger charge is 2.22. The summed E-state index contributed by atoms with van der Waals surface area (Å²) in [5.41, 5.74) is 8.33. The molecule has 2 heteroatoms. The second-order valence-electron chi connectivity index (χ2n) is 7.83. The zero-order valence-electron chi connectivity index (χ0n) is 16.9. The summed E-state index contributed by atoms with van der Waals surface area (Å²) >= 11 is 0. The van der Waals surface area contributed by atoms with Crippen molar-refractivity contribution in [3.05, 3.63) is 101 Å². The molecule has 1 unspecified atom stereocenters. The van der Waals surface area contributed by atoms with Gasteiger partial charge in [-0.3, -0.25) is 0 Å². The predicted molar refractivity (Wildman–Crippen MR) is 122 cm³/mol. The molecular weight excluding hydrogens is 354 g/mol. The Balaban J connectivity index is 1.69. The Labute approximate surface area is 171 Å². The number of rotatable bonds is 4. The fourth-order valence-corrected chi connectivity index (χ4v) is 4.31. The van der Waals surface area contributed by atoms with Crippen molar-refractivity contribution < 1.29 is 4.42 Å². The molecule has 0 aliphatic carbocycles. The first-order valence-corrected chi connectivity index (χ1v) is 10.4. The molecule has 0 saturated heterocycles. The number of hydrogen-bond acceptors (Lipinski definition) is 2. The maximum atomic E-state index is 6.39. The van der Waals surface area contributed by atoms with Gasteiger partial charge in [-0.1, -0.05) is 73.5 Å². The molecule has 0 radical (unpaired) electrons. The van der Waals surface area contributed by atoms with E-state index in [2.05, 4.69) is 92.1 Å². The molecule has 1 atom stereocenters. The standard InChI is InChI=1S/C27H25NO/c1-3-6-20-13-14-23-22-7-4-5-8-25(22)29-27(23)26(20)24-17-21(15-16-28-24)19-11-9-18(2)10-12-19/h4-5,7-17,24,28H,3,6H2,1-2H3. The number of dihydropyridines is 1. The van der Waals surface area contributed by atoms with Crippen LogP contribution in [0.2, 0.25) is 0 Å². The predicted octanol–water partition coefficient (Wildman–Crippen LogP) is 7.09. The van der Waals surface area contributed by atoms with Crippen LogP contribution in [0.3, 0.4) is 0 Å². The minimum Gasteiger partial charge on any atom is -0.456 e. The summed E-state index contributed by atoms with van der Waals surface area (Å²) in [5.74, 6) is 0. The molecule has 29 heavy (non-hydrogen) atoms. The highest BCUT2D eigenvalue weighted by molar-refractivity contribution is 6.06. The summed E-state index contributed by atoms with van der Waals surface area (Å²) in [6, 6.07) is 21.6. The van der Waals surface area contributed by atoms with E-state index >= 15 is 0 Å². The quantitative estimate of drug-likeness (QED) is 0.409. The molecule has 4 aromatic rings. The summed E-state index contributed by atoms with van der Waals surface area (Å²) in [6.07, 6.45) is 8.69. The van der Waals surface area contributed by atoms with Crippen molar-refractivity contribution in [2.75, 3.05) is 0 Å². The molecule has 144 valence electrons. The average molecular weight is 380 g/mol. The van der Waals surface area contributed by atoms with Crippen LogP contribution in [0.5, 0.6) is 0 Å². The van der Waals surface area contributed by atoms with Gasteiger partial charge in [0.2, 0.25) is 0 Å². The first kappa shape index (κ1) is 17.8. The number of fused-ring (bicyclic) bond motifs is 3. The largest absolute Gasteiger partial charge is 0.456 e. The molecular formula is C27H25NO. The minimum atomic E-state index is 0.0853. The Morgan fingerprint density at radius 3 is 2.59 bits per heavy atom. The van der Waals surface area contributed by atoms with E-state index in [1.54, 1.807) is 0 Å². The maximum Gasteiger partial charge on any atom is 0.141 e. The number of benzene rings is 3. The van der Waals surface area contributed by atoms with Gasteiger partial charge in [0, 0.05) is 16.3 Å². The molecule has 2 nitrogen and oxygen atoms in total. The van der Waals surface area contributed by atoms with Gasteiger partial charge in [0.1, 0.15) is 11.2 Å². The monoisotopic (exact) mass is 379 g/mol. The van der Waals surface area contributed by atoms with E-state index < -0.39 is 0 Å². The molecule has 1 aromatic heterocycles. The summed E-state index contributed by atoms with van der Waals surface area (Å²) in [5, 5.41) is 5.94. The van der Waals surface area contributed by atoms with Gasteiger partial charge in [0.05, 0.1) is 6.04 Å². The first-order chi connectivity index (χ1) is 14.2. The van der Waals surface area contributed by atoms with Crippen LogP contribution in [-0.4, -0.2) is 0 Å². The van der Waals surface area contributed by atoms with Gasteiger partial charge in [0.25, 0.3) is 0 Å². The van der Waals surface area contributed by atoms with Gasteiger partial charge in [0.15, 0.2) is 0 Å². The van der Waals surface area contributed by atoms with Crippen molar-refractivity contribution in [2.45, 2.75) is 32.7 Å². The second kappa shape index (κ2) is 7.29. The minimum absolute atomic E-state index is 0.0853. The van der Waals surface area contributed by atoms with Gasteiger partial charge < -0.3 is 9.73 Å². The third-order valence-corrected chi connectivity index (χ3v) is 5.78. The number of aryl methyl sites for hydroxylation is 2. The molecule has 5 rings (SSSR count). The van der Waals surface area contributed by atoms with Gasteiger partial charge >= 0.3 is 0 Å². The van der Waals surface area contributed by atoms with Crippen LogP contribution >= 0.6 is 0 Å². The van der Waals surface area contributed by atoms with Crippen LogP contribution in [0.1, 0.15) is 41.6 Å². The van der Waals surface area contributed by atoms with Crippen molar-refractivity contribution in [2.24, 2.45) is 0 Å². The topological polar surface area (TPSA) is 25.2 Å². The smallest absolute Gasteiger partial charge is 0.141 e. The molecule has 2 heterocycles. The Hall–Kier alpha value is -3.26. The highest BCUT2D eigenvalue weighted by atomic mass is 16.3. The third-order valence-electron chi connectivity index (χ3n) is 5.78. The fourth-order valence-electron chi connectivity index (χ4n) is 4.31. The summed E-state index contributed by atoms with van der Waals surface area (Å²) < 4.78 is 6.39. The van der Waals surface area contributed by atoms with Crippen molar-refractivity contribution >= 4 is 27.5 Å². The zero-order chi connectivity index (χ0) is 19.8. The van der Waals surface area contributed by atoms with Gasteiger partial charge in [-0.15, -0.1) is 0 Å². The van der Waals surface area contributed by atoms with Gasteiger partial charge in [-0.2, -0.15) is 0 Å². The van der Waals surface area contributed by atoms with Crippen LogP contribution in [0, 0.1) is 6.92 Å². The molecule has 0 spiro atoms. The summed E-state index contributed by atoms with van der Waals surface area (Å²) in [7, 11) is 0. The van der Waals surface area contributed by atoms with Crippen molar-refractivity contribution in [1.82, 2.24) is 5.32 Å². The zero-order valence-corrected chi connectivity index (χ0v) is 16.9. The molecule has 1 aliphatic rings. The van der Waals surface area contributed by atoms with Crippen LogP contribution in [-0.2, 0) is 6.42 Å². The first-order valence-electron chi connectivity index (χ1n) is 10.4. The highest BCUT2D eigenvalue weighted by Crippen LogP contribution is 2.38. The van der Waals surface area contributed by atoms with Crippen LogP contribution in [0.25, 0.3) is 27.5 Å². The van der Waals surface area contributed by atoms with E-state index in [0.717, 1.165) is 24.0 Å². The lowest BCUT2D eigenvalue weighted by Gasteiger charge is -2.22. The molecule has 0 saturated carbocycles. The molecule has 0 amide bonds. The lowest BCUT2D eigenvalue weighted by molar-refractivity contribution is 0.645. The van der Waals surface area contributed by atoms with Crippen molar-refractivity contribution in [3.63, 3.8) is 0 Å². The molecule has 1 aliphatic heterocycles. The Morgan fingerprint density at radius 2 is 1.76 bits per heavy atom. The molecule has 0 bridgehead atoms. The van der Waals surface area contributed by atoms with Crippen molar-refractivity contribution in [3.8, 4) is 0 Å². The van der Waals surface area contributed by atoms with Crippen LogP contribution in [0.15, 0.2) is 83.4 Å².